The van der Waals surface area contributed by atoms with Crippen LogP contribution in [0.2, 0.25) is 0 Å². The van der Waals surface area contributed by atoms with E-state index >= 15 is 0 Å². The molecule has 2 rings (SSSR count). The van der Waals surface area contributed by atoms with Gasteiger partial charge in [-0.15, -0.1) is 0 Å². The van der Waals surface area contributed by atoms with Gasteiger partial charge in [0.25, 0.3) is 11.4 Å². The highest BCUT2D eigenvalue weighted by molar-refractivity contribution is 5.75. The molecular formula is C14H10N2O4. The van der Waals surface area contributed by atoms with E-state index in [1.807, 2.05) is 30.3 Å². The van der Waals surface area contributed by atoms with Crippen LogP contribution in [-0.2, 0) is 0 Å². The first-order valence-corrected chi connectivity index (χ1v) is 5.74. The van der Waals surface area contributed by atoms with Gasteiger partial charge in [-0.2, -0.15) is 0 Å². The number of nitro groups is 2. The predicted molar refractivity (Wildman–Crippen MR) is 75.1 cm³/mol. The van der Waals surface area contributed by atoms with E-state index in [2.05, 4.69) is 0 Å². The second-order valence-corrected chi connectivity index (χ2v) is 4.00. The molecule has 0 atom stereocenters. The first-order valence-electron chi connectivity index (χ1n) is 5.74. The molecule has 0 spiro atoms. The summed E-state index contributed by atoms with van der Waals surface area (Å²) in [5.41, 5.74) is 0.629. The van der Waals surface area contributed by atoms with Gasteiger partial charge in [-0.25, -0.2) is 0 Å². The summed E-state index contributed by atoms with van der Waals surface area (Å²) in [7, 11) is 0. The first-order chi connectivity index (χ1) is 9.58. The van der Waals surface area contributed by atoms with Crippen LogP contribution in [0, 0.1) is 20.2 Å². The highest BCUT2D eigenvalue weighted by atomic mass is 16.6. The van der Waals surface area contributed by atoms with E-state index < -0.39 is 9.85 Å². The molecule has 0 aliphatic carbocycles. The molecule has 6 nitrogen and oxygen atoms in total. The predicted octanol–water partition coefficient (Wildman–Crippen LogP) is 3.67. The van der Waals surface area contributed by atoms with Crippen molar-refractivity contribution in [1.29, 1.82) is 0 Å². The quantitative estimate of drug-likeness (QED) is 0.481. The van der Waals surface area contributed by atoms with Crippen molar-refractivity contribution >= 4 is 23.5 Å². The molecule has 0 saturated heterocycles. The molecule has 0 unspecified atom stereocenters. The van der Waals surface area contributed by atoms with Crippen molar-refractivity contribution in [2.75, 3.05) is 0 Å². The van der Waals surface area contributed by atoms with Crippen molar-refractivity contribution in [2.24, 2.45) is 0 Å². The van der Waals surface area contributed by atoms with Gasteiger partial charge >= 0.3 is 0 Å². The average Bonchev–Trinajstić information content (AvgIpc) is 2.45. The maximum Gasteiger partial charge on any atom is 0.283 e. The van der Waals surface area contributed by atoms with Crippen LogP contribution >= 0.6 is 0 Å². The van der Waals surface area contributed by atoms with Crippen LogP contribution in [0.4, 0.5) is 11.4 Å². The summed E-state index contributed by atoms with van der Waals surface area (Å²) in [6, 6.07) is 12.9. The Bertz CT molecular complexity index is 681. The van der Waals surface area contributed by atoms with Crippen molar-refractivity contribution in [3.63, 3.8) is 0 Å². The zero-order chi connectivity index (χ0) is 14.5. The minimum atomic E-state index is -0.655. The minimum absolute atomic E-state index is 0.286. The largest absolute Gasteiger partial charge is 0.283 e. The van der Waals surface area contributed by atoms with Crippen LogP contribution in [0.1, 0.15) is 11.1 Å². The van der Waals surface area contributed by atoms with E-state index in [9.17, 15) is 20.2 Å². The fourth-order valence-electron chi connectivity index (χ4n) is 1.69. The summed E-state index contributed by atoms with van der Waals surface area (Å²) in [4.78, 5) is 20.3. The lowest BCUT2D eigenvalue weighted by Crippen LogP contribution is -1.94. The fourth-order valence-corrected chi connectivity index (χ4v) is 1.69. The molecule has 0 aromatic heterocycles. The Morgan fingerprint density at radius 3 is 2.15 bits per heavy atom. The van der Waals surface area contributed by atoms with Crippen LogP contribution in [-0.4, -0.2) is 9.85 Å². The lowest BCUT2D eigenvalue weighted by molar-refractivity contribution is -0.394. The molecule has 2 aromatic rings. The highest BCUT2D eigenvalue weighted by Crippen LogP contribution is 2.26. The van der Waals surface area contributed by atoms with Crippen LogP contribution in [0.15, 0.2) is 48.5 Å². The highest BCUT2D eigenvalue weighted by Gasteiger charge is 2.17. The zero-order valence-electron chi connectivity index (χ0n) is 10.3. The van der Waals surface area contributed by atoms with Gasteiger partial charge in [0.05, 0.1) is 21.5 Å². The zero-order valence-corrected chi connectivity index (χ0v) is 10.3. The van der Waals surface area contributed by atoms with Gasteiger partial charge in [0.1, 0.15) is 0 Å². The molecule has 0 aliphatic heterocycles. The second-order valence-electron chi connectivity index (χ2n) is 4.00. The molecule has 0 aliphatic rings. The molecule has 6 heteroatoms. The van der Waals surface area contributed by atoms with Crippen molar-refractivity contribution in [3.8, 4) is 0 Å². The van der Waals surface area contributed by atoms with Gasteiger partial charge in [0.2, 0.25) is 0 Å². The molecule has 0 N–H and O–H groups in total. The van der Waals surface area contributed by atoms with E-state index in [0.29, 0.717) is 5.56 Å². The van der Waals surface area contributed by atoms with Gasteiger partial charge in [-0.1, -0.05) is 36.4 Å². The third-order valence-electron chi connectivity index (χ3n) is 2.68. The molecule has 0 saturated carbocycles. The Hall–Kier alpha value is -3.02. The number of nitrogens with zero attached hydrogens (tertiary/aromatic N) is 2. The molecule has 0 radical (unpaired) electrons. The van der Waals surface area contributed by atoms with Crippen molar-refractivity contribution in [2.45, 2.75) is 0 Å². The van der Waals surface area contributed by atoms with Crippen molar-refractivity contribution in [3.05, 3.63) is 79.9 Å². The summed E-state index contributed by atoms with van der Waals surface area (Å²) < 4.78 is 0. The molecule has 0 fully saturated rings. The number of non-ortho nitro benzene ring substituents is 1. The molecule has 2 aromatic carbocycles. The van der Waals surface area contributed by atoms with Gasteiger partial charge in [-0.3, -0.25) is 20.2 Å². The Labute approximate surface area is 114 Å². The Morgan fingerprint density at radius 1 is 0.850 bits per heavy atom. The number of rotatable bonds is 4. The van der Waals surface area contributed by atoms with Crippen LogP contribution in [0.25, 0.3) is 12.2 Å². The van der Waals surface area contributed by atoms with E-state index in [1.54, 1.807) is 12.2 Å². The van der Waals surface area contributed by atoms with E-state index in [1.165, 1.54) is 12.1 Å². The summed E-state index contributed by atoms with van der Waals surface area (Å²) in [6.45, 7) is 0. The summed E-state index contributed by atoms with van der Waals surface area (Å²) >= 11 is 0. The van der Waals surface area contributed by atoms with Gasteiger partial charge in [0, 0.05) is 6.07 Å². The smallest absolute Gasteiger partial charge is 0.258 e. The summed E-state index contributed by atoms with van der Waals surface area (Å²) in [5.74, 6) is 0. The van der Waals surface area contributed by atoms with Crippen LogP contribution < -0.4 is 0 Å². The first kappa shape index (κ1) is 13.4. The number of hydrogen-bond donors (Lipinski definition) is 0. The van der Waals surface area contributed by atoms with E-state index in [4.69, 9.17) is 0 Å². The number of benzene rings is 2. The molecule has 20 heavy (non-hydrogen) atoms. The minimum Gasteiger partial charge on any atom is -0.258 e. The Morgan fingerprint density at radius 2 is 1.55 bits per heavy atom. The number of hydrogen-bond acceptors (Lipinski definition) is 4. The molecule has 100 valence electrons. The van der Waals surface area contributed by atoms with E-state index in [-0.39, 0.29) is 11.4 Å². The second kappa shape index (κ2) is 5.75. The van der Waals surface area contributed by atoms with E-state index in [0.717, 1.165) is 11.6 Å². The maximum absolute atomic E-state index is 11.0. The SMILES string of the molecule is O=[N+]([O-])c1ccc(/C=C/c2ccccc2)c([N+](=O)[O-])c1. The fraction of sp³-hybridized carbons (Fsp3) is 0. The van der Waals surface area contributed by atoms with Gasteiger partial charge < -0.3 is 0 Å². The lowest BCUT2D eigenvalue weighted by atomic mass is 10.1. The standard InChI is InChI=1S/C14H10N2O4/c17-15(18)13-9-8-12(14(10-13)16(19)20)7-6-11-4-2-1-3-5-11/h1-10H/b7-6+. The Kier molecular flexibility index (Phi) is 3.85. The van der Waals surface area contributed by atoms with Crippen LogP contribution in [0.3, 0.4) is 0 Å². The third-order valence-corrected chi connectivity index (χ3v) is 2.68. The summed E-state index contributed by atoms with van der Waals surface area (Å²) in [5, 5.41) is 21.6. The molecular weight excluding hydrogens is 260 g/mol. The topological polar surface area (TPSA) is 86.3 Å². The monoisotopic (exact) mass is 270 g/mol. The normalized spacial score (nSPS) is 10.6. The lowest BCUT2D eigenvalue weighted by Gasteiger charge is -1.98. The molecule has 0 heterocycles. The van der Waals surface area contributed by atoms with Gasteiger partial charge in [-0.05, 0) is 17.7 Å². The Balaban J connectivity index is 2.39. The number of nitro benzene ring substituents is 2. The van der Waals surface area contributed by atoms with Crippen molar-refractivity contribution < 1.29 is 9.85 Å². The van der Waals surface area contributed by atoms with Crippen molar-refractivity contribution in [1.82, 2.24) is 0 Å². The maximum atomic E-state index is 11.0. The molecule has 0 amide bonds. The van der Waals surface area contributed by atoms with Gasteiger partial charge in [0.15, 0.2) is 0 Å². The van der Waals surface area contributed by atoms with Crippen LogP contribution in [0.5, 0.6) is 0 Å². The average molecular weight is 270 g/mol. The third kappa shape index (κ3) is 3.05. The summed E-state index contributed by atoms with van der Waals surface area (Å²) in [6.07, 6.45) is 3.28. The molecule has 0 bridgehead atoms.